The summed E-state index contributed by atoms with van der Waals surface area (Å²) in [5.74, 6) is 1.05. The molecule has 0 aromatic rings. The number of rotatable bonds is 2. The summed E-state index contributed by atoms with van der Waals surface area (Å²) < 4.78 is 0. The Balaban J connectivity index is 2.48. The number of dihydropyridines is 1. The molecule has 0 saturated carbocycles. The molecule has 0 aromatic heterocycles. The summed E-state index contributed by atoms with van der Waals surface area (Å²) >= 11 is 5.71. The summed E-state index contributed by atoms with van der Waals surface area (Å²) in [7, 11) is 1.91. The number of hydrogen-bond acceptors (Lipinski definition) is 3. The van der Waals surface area contributed by atoms with E-state index < -0.39 is 0 Å². The Bertz CT molecular complexity index is 351. The molecule has 0 amide bonds. The zero-order valence-electron chi connectivity index (χ0n) is 8.81. The average Bonchev–Trinajstić information content (AvgIpc) is 2.22. The summed E-state index contributed by atoms with van der Waals surface area (Å²) in [6.45, 7) is 3.30. The second-order valence-electron chi connectivity index (χ2n) is 3.42. The average molecular weight is 225 g/mol. The van der Waals surface area contributed by atoms with Crippen LogP contribution in [0.4, 0.5) is 0 Å². The fourth-order valence-corrected chi connectivity index (χ4v) is 1.44. The Hall–Kier alpha value is -1.34. The predicted molar refractivity (Wildman–Crippen MR) is 62.1 cm³/mol. The summed E-state index contributed by atoms with van der Waals surface area (Å²) in [5.41, 5.74) is 0. The van der Waals surface area contributed by atoms with Crippen molar-refractivity contribution in [3.8, 4) is 6.19 Å². The van der Waals surface area contributed by atoms with Gasteiger partial charge in [0.2, 0.25) is 6.19 Å². The third-order valence-electron chi connectivity index (χ3n) is 2.26. The van der Waals surface area contributed by atoms with Crippen molar-refractivity contribution in [2.75, 3.05) is 20.1 Å². The van der Waals surface area contributed by atoms with E-state index in [-0.39, 0.29) is 0 Å². The van der Waals surface area contributed by atoms with Crippen LogP contribution in [0, 0.1) is 17.4 Å². The van der Waals surface area contributed by atoms with Crippen LogP contribution in [-0.2, 0) is 0 Å². The van der Waals surface area contributed by atoms with Crippen molar-refractivity contribution in [3.63, 3.8) is 0 Å². The molecule has 0 radical (unpaired) electrons. The third kappa shape index (κ3) is 3.72. The predicted octanol–water partition coefficient (Wildman–Crippen LogP) is 1.64. The van der Waals surface area contributed by atoms with Crippen molar-refractivity contribution in [2.45, 2.75) is 6.92 Å². The Morgan fingerprint density at radius 2 is 2.60 bits per heavy atom. The van der Waals surface area contributed by atoms with E-state index in [0.717, 1.165) is 6.54 Å². The lowest BCUT2D eigenvalue weighted by molar-refractivity contribution is 0.433. The Morgan fingerprint density at radius 3 is 3.13 bits per heavy atom. The Kier molecular flexibility index (Phi) is 4.32. The van der Waals surface area contributed by atoms with E-state index in [1.54, 1.807) is 12.3 Å². The lowest BCUT2D eigenvalue weighted by Gasteiger charge is -2.23. The van der Waals surface area contributed by atoms with Gasteiger partial charge < -0.3 is 4.90 Å². The van der Waals surface area contributed by atoms with Gasteiger partial charge in [-0.1, -0.05) is 17.7 Å². The molecule has 1 aliphatic rings. The van der Waals surface area contributed by atoms with Crippen molar-refractivity contribution in [3.05, 3.63) is 12.2 Å². The first-order valence-electron chi connectivity index (χ1n) is 4.66. The van der Waals surface area contributed by atoms with Crippen molar-refractivity contribution in [2.24, 2.45) is 15.9 Å². The Morgan fingerprint density at radius 1 is 1.87 bits per heavy atom. The van der Waals surface area contributed by atoms with Gasteiger partial charge in [-0.05, 0) is 13.0 Å². The van der Waals surface area contributed by atoms with Crippen LogP contribution in [0.1, 0.15) is 6.92 Å². The highest BCUT2D eigenvalue weighted by Gasteiger charge is 2.12. The zero-order chi connectivity index (χ0) is 11.3. The van der Waals surface area contributed by atoms with Crippen LogP contribution in [0.5, 0.6) is 0 Å². The van der Waals surface area contributed by atoms with Crippen molar-refractivity contribution in [1.29, 1.82) is 5.26 Å². The summed E-state index contributed by atoms with van der Waals surface area (Å²) in [6.07, 6.45) is 5.61. The van der Waals surface area contributed by atoms with E-state index in [2.05, 4.69) is 9.98 Å². The SMILES string of the molecule is CC(=NC#N)N(C)CC1C=CC(Cl)=NC1. The topological polar surface area (TPSA) is 51.8 Å². The molecule has 0 N–H and O–H groups in total. The molecular weight excluding hydrogens is 212 g/mol. The molecule has 0 bridgehead atoms. The number of allylic oxidation sites excluding steroid dienone is 1. The third-order valence-corrected chi connectivity index (χ3v) is 2.50. The summed E-state index contributed by atoms with van der Waals surface area (Å²) in [4.78, 5) is 9.74. The van der Waals surface area contributed by atoms with Gasteiger partial charge in [-0.15, -0.1) is 0 Å². The van der Waals surface area contributed by atoms with Gasteiger partial charge in [0.25, 0.3) is 0 Å². The molecule has 0 aromatic carbocycles. The van der Waals surface area contributed by atoms with E-state index >= 15 is 0 Å². The first-order chi connectivity index (χ1) is 7.13. The lowest BCUT2D eigenvalue weighted by atomic mass is 10.1. The number of halogens is 1. The van der Waals surface area contributed by atoms with Crippen LogP contribution in [0.2, 0.25) is 0 Å². The maximum atomic E-state index is 8.41. The van der Waals surface area contributed by atoms with E-state index in [4.69, 9.17) is 16.9 Å². The second-order valence-corrected chi connectivity index (χ2v) is 3.81. The first kappa shape index (κ1) is 11.7. The molecule has 1 aliphatic heterocycles. The summed E-state index contributed by atoms with van der Waals surface area (Å²) in [5, 5.41) is 8.96. The molecule has 0 spiro atoms. The molecule has 4 nitrogen and oxygen atoms in total. The highest BCUT2D eigenvalue weighted by atomic mass is 35.5. The molecular formula is C10H13ClN4. The molecule has 15 heavy (non-hydrogen) atoms. The van der Waals surface area contributed by atoms with Gasteiger partial charge in [-0.3, -0.25) is 4.99 Å². The van der Waals surface area contributed by atoms with E-state index in [1.807, 2.05) is 24.9 Å². The van der Waals surface area contributed by atoms with Crippen molar-refractivity contribution < 1.29 is 0 Å². The van der Waals surface area contributed by atoms with Crippen LogP contribution in [0.25, 0.3) is 0 Å². The van der Waals surface area contributed by atoms with E-state index in [9.17, 15) is 0 Å². The van der Waals surface area contributed by atoms with E-state index in [0.29, 0.717) is 23.5 Å². The number of amidine groups is 1. The maximum Gasteiger partial charge on any atom is 0.207 e. The van der Waals surface area contributed by atoms with Crippen LogP contribution >= 0.6 is 11.6 Å². The minimum Gasteiger partial charge on any atom is -0.362 e. The minimum absolute atomic E-state index is 0.335. The number of hydrogen-bond donors (Lipinski definition) is 0. The smallest absolute Gasteiger partial charge is 0.207 e. The van der Waals surface area contributed by atoms with Gasteiger partial charge >= 0.3 is 0 Å². The van der Waals surface area contributed by atoms with Crippen LogP contribution in [0.15, 0.2) is 22.1 Å². The minimum atomic E-state index is 0.335. The van der Waals surface area contributed by atoms with Gasteiger partial charge in [0.15, 0.2) is 0 Å². The molecule has 1 heterocycles. The molecule has 5 heteroatoms. The van der Waals surface area contributed by atoms with Crippen LogP contribution in [-0.4, -0.2) is 36.0 Å². The number of aliphatic imine (C=N–C) groups is 2. The highest BCUT2D eigenvalue weighted by molar-refractivity contribution is 6.68. The fraction of sp³-hybridized carbons (Fsp3) is 0.500. The van der Waals surface area contributed by atoms with Crippen molar-refractivity contribution in [1.82, 2.24) is 4.90 Å². The molecule has 80 valence electrons. The van der Waals surface area contributed by atoms with Gasteiger partial charge in [0.1, 0.15) is 11.0 Å². The van der Waals surface area contributed by atoms with Crippen LogP contribution < -0.4 is 0 Å². The first-order valence-corrected chi connectivity index (χ1v) is 5.04. The fourth-order valence-electron chi connectivity index (χ4n) is 1.29. The molecule has 0 aliphatic carbocycles. The van der Waals surface area contributed by atoms with Gasteiger partial charge in [-0.2, -0.15) is 10.3 Å². The van der Waals surface area contributed by atoms with Gasteiger partial charge in [-0.25, -0.2) is 0 Å². The quantitative estimate of drug-likeness (QED) is 0.407. The lowest BCUT2D eigenvalue weighted by Crippen LogP contribution is -2.31. The zero-order valence-corrected chi connectivity index (χ0v) is 9.57. The standard InChI is InChI=1S/C10H13ClN4/c1-8(14-7-12)15(2)6-9-3-4-10(11)13-5-9/h3-4,9H,5-6H2,1-2H3. The maximum absolute atomic E-state index is 8.41. The molecule has 0 saturated heterocycles. The summed E-state index contributed by atoms with van der Waals surface area (Å²) in [6, 6.07) is 0. The number of nitrogens with zero attached hydrogens (tertiary/aromatic N) is 4. The largest absolute Gasteiger partial charge is 0.362 e. The molecule has 1 atom stereocenters. The molecule has 1 rings (SSSR count). The van der Waals surface area contributed by atoms with Gasteiger partial charge in [0.05, 0.1) is 0 Å². The molecule has 0 fully saturated rings. The highest BCUT2D eigenvalue weighted by Crippen LogP contribution is 2.09. The molecule has 1 unspecified atom stereocenters. The Labute approximate surface area is 94.6 Å². The second kappa shape index (κ2) is 5.52. The number of nitriles is 1. The van der Waals surface area contributed by atoms with Crippen LogP contribution in [0.3, 0.4) is 0 Å². The van der Waals surface area contributed by atoms with Crippen molar-refractivity contribution >= 4 is 22.6 Å². The normalized spacial score (nSPS) is 20.8. The van der Waals surface area contributed by atoms with Gasteiger partial charge in [0, 0.05) is 26.1 Å². The van der Waals surface area contributed by atoms with E-state index in [1.165, 1.54) is 0 Å². The monoisotopic (exact) mass is 224 g/mol.